The van der Waals surface area contributed by atoms with Crippen molar-refractivity contribution < 1.29 is 9.53 Å². The maximum absolute atomic E-state index is 14.2. The fourth-order valence-corrected chi connectivity index (χ4v) is 4.78. The highest BCUT2D eigenvalue weighted by Gasteiger charge is 2.33. The number of ether oxygens (including phenoxy) is 1. The van der Waals surface area contributed by atoms with Gasteiger partial charge in [0.25, 0.3) is 5.91 Å². The number of nitriles is 1. The predicted octanol–water partition coefficient (Wildman–Crippen LogP) is 5.61. The number of hydrogen-bond donors (Lipinski definition) is 1. The molecule has 0 bridgehead atoms. The van der Waals surface area contributed by atoms with Crippen LogP contribution in [0.2, 0.25) is 0 Å². The maximum Gasteiger partial charge on any atom is 0.280 e. The van der Waals surface area contributed by atoms with Gasteiger partial charge in [-0.1, -0.05) is 72.8 Å². The molecule has 6 rings (SSSR count). The molecular weight excluding hydrogens is 488 g/mol. The lowest BCUT2D eigenvalue weighted by Crippen LogP contribution is -2.27. The van der Waals surface area contributed by atoms with Crippen molar-refractivity contribution in [2.45, 2.75) is 6.42 Å². The Bertz CT molecular complexity index is 1750. The monoisotopic (exact) mass is 510 g/mol. The molecule has 1 aliphatic rings. The molecule has 0 radical (unpaired) electrons. The average Bonchev–Trinajstić information content (AvgIpc) is 3.38. The highest BCUT2D eigenvalue weighted by Crippen LogP contribution is 2.40. The first kappa shape index (κ1) is 23.8. The molecule has 1 aliphatic heterocycles. The van der Waals surface area contributed by atoms with Gasteiger partial charge in [-0.25, -0.2) is 4.98 Å². The lowest BCUT2D eigenvalue weighted by atomic mass is 9.92. The lowest BCUT2D eigenvalue weighted by Gasteiger charge is -2.23. The first-order valence-electron chi connectivity index (χ1n) is 12.3. The van der Waals surface area contributed by atoms with Crippen LogP contribution in [-0.4, -0.2) is 32.8 Å². The number of benzene rings is 3. The second-order valence-electron chi connectivity index (χ2n) is 8.90. The summed E-state index contributed by atoms with van der Waals surface area (Å²) in [7, 11) is 1.60. The lowest BCUT2D eigenvalue weighted by molar-refractivity contribution is 0.0958. The highest BCUT2D eigenvalue weighted by molar-refractivity contribution is 6.23. The Hall–Kier alpha value is -5.55. The quantitative estimate of drug-likeness (QED) is 0.317. The van der Waals surface area contributed by atoms with Crippen LogP contribution in [0.4, 0.5) is 5.82 Å². The van der Waals surface area contributed by atoms with Crippen molar-refractivity contribution in [2.75, 3.05) is 12.4 Å². The summed E-state index contributed by atoms with van der Waals surface area (Å²) in [6.07, 6.45) is 3.30. The standard InChI is InChI=1S/C31H22N6O2/c1-39-24-14-12-21(13-15-24)28-25(35-27-19-33-18-23(17-32)34-27)16-26-29(20-8-4-2-5-9-20)30(36-37(26)31(28)38)22-10-6-3-7-11-22/h2-15,18-19H,16H2,1H3,(H,34,35). The molecular formula is C31H22N6O2. The van der Waals surface area contributed by atoms with Crippen LogP contribution >= 0.6 is 0 Å². The van der Waals surface area contributed by atoms with E-state index in [9.17, 15) is 10.1 Å². The number of aromatic nitrogens is 4. The number of nitrogens with one attached hydrogen (secondary N) is 1. The number of carbonyl (C=O) groups is 1. The van der Waals surface area contributed by atoms with E-state index in [0.29, 0.717) is 34.8 Å². The summed E-state index contributed by atoms with van der Waals surface area (Å²) < 4.78 is 6.83. The molecule has 0 spiro atoms. The van der Waals surface area contributed by atoms with Gasteiger partial charge in [0.15, 0.2) is 5.69 Å². The Labute approximate surface area is 224 Å². The van der Waals surface area contributed by atoms with Crippen LogP contribution < -0.4 is 10.1 Å². The van der Waals surface area contributed by atoms with E-state index in [1.807, 2.05) is 91.0 Å². The van der Waals surface area contributed by atoms with Gasteiger partial charge in [-0.15, -0.1) is 0 Å². The third kappa shape index (κ3) is 4.43. The summed E-state index contributed by atoms with van der Waals surface area (Å²) in [5, 5.41) is 17.5. The Kier molecular flexibility index (Phi) is 6.15. The van der Waals surface area contributed by atoms with Crippen LogP contribution in [0.3, 0.4) is 0 Å². The van der Waals surface area contributed by atoms with Crippen LogP contribution in [0.15, 0.2) is 103 Å². The van der Waals surface area contributed by atoms with E-state index in [0.717, 1.165) is 28.1 Å². The van der Waals surface area contributed by atoms with Crippen molar-refractivity contribution in [3.8, 4) is 34.2 Å². The topological polar surface area (TPSA) is 106 Å². The molecule has 5 aromatic rings. The molecule has 188 valence electrons. The normalized spacial score (nSPS) is 12.6. The first-order chi connectivity index (χ1) is 19.2. The predicted molar refractivity (Wildman–Crippen MR) is 148 cm³/mol. The van der Waals surface area contributed by atoms with Crippen molar-refractivity contribution in [3.05, 3.63) is 120 Å². The van der Waals surface area contributed by atoms with Gasteiger partial charge >= 0.3 is 0 Å². The molecule has 0 aliphatic carbocycles. The molecule has 0 unspecified atom stereocenters. The van der Waals surface area contributed by atoms with E-state index in [1.54, 1.807) is 7.11 Å². The minimum atomic E-state index is -0.271. The van der Waals surface area contributed by atoms with Gasteiger partial charge in [0.1, 0.15) is 23.3 Å². The third-order valence-corrected chi connectivity index (χ3v) is 6.55. The zero-order valence-corrected chi connectivity index (χ0v) is 21.0. The van der Waals surface area contributed by atoms with Crippen molar-refractivity contribution in [1.29, 1.82) is 5.26 Å². The minimum Gasteiger partial charge on any atom is -0.497 e. The summed E-state index contributed by atoms with van der Waals surface area (Å²) in [5.41, 5.74) is 6.23. The van der Waals surface area contributed by atoms with Gasteiger partial charge < -0.3 is 10.1 Å². The number of carbonyl (C=O) groups excluding carboxylic acids is 1. The molecule has 0 saturated heterocycles. The van der Waals surface area contributed by atoms with Crippen LogP contribution in [0, 0.1) is 11.3 Å². The molecule has 3 aromatic carbocycles. The minimum absolute atomic E-state index is 0.176. The number of rotatable bonds is 6. The summed E-state index contributed by atoms with van der Waals surface area (Å²) >= 11 is 0. The van der Waals surface area contributed by atoms with Crippen molar-refractivity contribution in [3.63, 3.8) is 0 Å². The van der Waals surface area contributed by atoms with Crippen molar-refractivity contribution in [2.24, 2.45) is 0 Å². The SMILES string of the molecule is COc1ccc(C2=C(Nc3cncc(C#N)n3)Cc3c(-c4ccccc4)c(-c4ccccc4)nn3C2=O)cc1. The number of hydrogen-bond acceptors (Lipinski definition) is 7. The zero-order valence-electron chi connectivity index (χ0n) is 21.0. The van der Waals surface area contributed by atoms with Crippen molar-refractivity contribution in [1.82, 2.24) is 19.7 Å². The summed E-state index contributed by atoms with van der Waals surface area (Å²) in [6.45, 7) is 0. The molecule has 39 heavy (non-hydrogen) atoms. The van der Waals surface area contributed by atoms with E-state index in [1.165, 1.54) is 17.1 Å². The fraction of sp³-hybridized carbons (Fsp3) is 0.0645. The maximum atomic E-state index is 14.2. The van der Waals surface area contributed by atoms with Crippen LogP contribution in [0.25, 0.3) is 28.0 Å². The molecule has 1 N–H and O–H groups in total. The van der Waals surface area contributed by atoms with E-state index in [2.05, 4.69) is 15.3 Å². The van der Waals surface area contributed by atoms with Gasteiger partial charge in [-0.05, 0) is 23.3 Å². The van der Waals surface area contributed by atoms with Gasteiger partial charge in [0, 0.05) is 23.2 Å². The Morgan fingerprint density at radius 3 is 2.26 bits per heavy atom. The van der Waals surface area contributed by atoms with Gasteiger partial charge in [0.05, 0.1) is 30.8 Å². The molecule has 0 saturated carbocycles. The third-order valence-electron chi connectivity index (χ3n) is 6.55. The molecule has 0 fully saturated rings. The summed E-state index contributed by atoms with van der Waals surface area (Å²) in [5.74, 6) is 0.787. The molecule has 8 nitrogen and oxygen atoms in total. The second-order valence-corrected chi connectivity index (χ2v) is 8.90. The Morgan fingerprint density at radius 1 is 0.897 bits per heavy atom. The zero-order chi connectivity index (χ0) is 26.8. The highest BCUT2D eigenvalue weighted by atomic mass is 16.5. The average molecular weight is 511 g/mol. The number of fused-ring (bicyclic) bond motifs is 1. The number of anilines is 1. The molecule has 0 atom stereocenters. The first-order valence-corrected chi connectivity index (χ1v) is 12.3. The number of methoxy groups -OCH3 is 1. The molecule has 0 amide bonds. The van der Waals surface area contributed by atoms with E-state index in [-0.39, 0.29) is 11.6 Å². The van der Waals surface area contributed by atoms with E-state index < -0.39 is 0 Å². The van der Waals surface area contributed by atoms with Crippen LogP contribution in [-0.2, 0) is 6.42 Å². The Morgan fingerprint density at radius 2 is 1.59 bits per heavy atom. The Balaban J connectivity index is 1.56. The largest absolute Gasteiger partial charge is 0.497 e. The molecule has 2 aromatic heterocycles. The summed E-state index contributed by atoms with van der Waals surface area (Å²) in [6, 6.07) is 29.1. The van der Waals surface area contributed by atoms with E-state index in [4.69, 9.17) is 9.84 Å². The number of allylic oxidation sites excluding steroid dienone is 2. The summed E-state index contributed by atoms with van der Waals surface area (Å²) in [4.78, 5) is 22.7. The van der Waals surface area contributed by atoms with E-state index >= 15 is 0 Å². The van der Waals surface area contributed by atoms with Crippen LogP contribution in [0.1, 0.15) is 21.7 Å². The number of nitrogens with zero attached hydrogens (tertiary/aromatic N) is 5. The molecule has 8 heteroatoms. The van der Waals surface area contributed by atoms with Gasteiger partial charge in [-0.2, -0.15) is 15.0 Å². The fourth-order valence-electron chi connectivity index (χ4n) is 4.78. The van der Waals surface area contributed by atoms with Crippen molar-refractivity contribution >= 4 is 17.3 Å². The molecule has 3 heterocycles. The smallest absolute Gasteiger partial charge is 0.280 e. The second kappa shape index (κ2) is 10.1. The van der Waals surface area contributed by atoms with Gasteiger partial charge in [-0.3, -0.25) is 9.78 Å². The van der Waals surface area contributed by atoms with Gasteiger partial charge in [0.2, 0.25) is 0 Å². The van der Waals surface area contributed by atoms with Crippen LogP contribution in [0.5, 0.6) is 5.75 Å².